The molecule has 0 aromatic heterocycles. The molecule has 0 aliphatic heterocycles. The molecule has 0 aliphatic rings. The van der Waals surface area contributed by atoms with E-state index in [9.17, 15) is 9.59 Å². The van der Waals surface area contributed by atoms with E-state index < -0.39 is 10.7 Å². The monoisotopic (exact) mass is 324 g/mol. The van der Waals surface area contributed by atoms with Crippen LogP contribution in [0, 0.1) is 0 Å². The summed E-state index contributed by atoms with van der Waals surface area (Å²) in [5.74, 6) is 1.19. The fraction of sp³-hybridized carbons (Fsp3) is 0. The van der Waals surface area contributed by atoms with Gasteiger partial charge in [-0.25, -0.2) is 0 Å². The lowest BCUT2D eigenvalue weighted by molar-refractivity contribution is 0.268. The van der Waals surface area contributed by atoms with Crippen molar-refractivity contribution in [2.45, 2.75) is 0 Å². The van der Waals surface area contributed by atoms with Gasteiger partial charge in [0.2, 0.25) is 0 Å². The molecule has 0 radical (unpaired) electrons. The Morgan fingerprint density at radius 1 is 0.714 bits per heavy atom. The third kappa shape index (κ3) is 4.98. The van der Waals surface area contributed by atoms with Gasteiger partial charge in [-0.2, -0.15) is 0 Å². The molecular formula is C14H10Cl2N2O3. The maximum Gasteiger partial charge on any atom is 0.318 e. The molecule has 0 atom stereocenters. The first kappa shape index (κ1) is 15.2. The SMILES string of the molecule is O=C(Cl)Nc1ccc(Oc2ccc(NC(=O)Cl)cc2)cc1. The van der Waals surface area contributed by atoms with Crippen LogP contribution < -0.4 is 15.4 Å². The van der Waals surface area contributed by atoms with Crippen LogP contribution in [0.1, 0.15) is 0 Å². The smallest absolute Gasteiger partial charge is 0.318 e. The minimum Gasteiger partial charge on any atom is -0.457 e. The minimum atomic E-state index is -0.652. The maximum atomic E-state index is 10.7. The van der Waals surface area contributed by atoms with Crippen LogP contribution in [-0.4, -0.2) is 10.7 Å². The van der Waals surface area contributed by atoms with Gasteiger partial charge in [0.05, 0.1) is 0 Å². The van der Waals surface area contributed by atoms with E-state index in [1.165, 1.54) is 0 Å². The van der Waals surface area contributed by atoms with E-state index in [1.807, 2.05) is 0 Å². The fourth-order valence-electron chi connectivity index (χ4n) is 1.58. The van der Waals surface area contributed by atoms with Crippen molar-refractivity contribution in [3.63, 3.8) is 0 Å². The number of nitrogens with one attached hydrogen (secondary N) is 2. The zero-order valence-corrected chi connectivity index (χ0v) is 12.1. The van der Waals surface area contributed by atoms with Crippen molar-refractivity contribution in [3.8, 4) is 11.5 Å². The Morgan fingerprint density at radius 2 is 1.05 bits per heavy atom. The van der Waals surface area contributed by atoms with Gasteiger partial charge in [-0.1, -0.05) is 0 Å². The molecule has 5 nitrogen and oxygen atoms in total. The molecule has 0 aliphatic carbocycles. The maximum absolute atomic E-state index is 10.7. The second kappa shape index (κ2) is 6.97. The summed E-state index contributed by atoms with van der Waals surface area (Å²) >= 11 is 10.4. The molecule has 108 valence electrons. The molecule has 2 aromatic carbocycles. The van der Waals surface area contributed by atoms with Crippen molar-refractivity contribution in [1.29, 1.82) is 0 Å². The van der Waals surface area contributed by atoms with Gasteiger partial charge in [0.1, 0.15) is 11.5 Å². The molecule has 0 saturated heterocycles. The Labute approximate surface area is 130 Å². The van der Waals surface area contributed by atoms with E-state index >= 15 is 0 Å². The van der Waals surface area contributed by atoms with Crippen LogP contribution in [0.5, 0.6) is 11.5 Å². The Kier molecular flexibility index (Phi) is 5.03. The summed E-state index contributed by atoms with van der Waals surface area (Å²) in [4.78, 5) is 21.4. The Bertz CT molecular complexity index is 585. The normalized spacial score (nSPS) is 9.81. The zero-order chi connectivity index (χ0) is 15.2. The van der Waals surface area contributed by atoms with Crippen LogP contribution in [0.2, 0.25) is 0 Å². The van der Waals surface area contributed by atoms with Crippen LogP contribution in [0.3, 0.4) is 0 Å². The van der Waals surface area contributed by atoms with Crippen molar-refractivity contribution < 1.29 is 14.3 Å². The second-order valence-electron chi connectivity index (χ2n) is 3.95. The molecule has 2 N–H and O–H groups in total. The first-order valence-corrected chi connectivity index (χ1v) is 6.59. The molecule has 0 heterocycles. The third-order valence-electron chi connectivity index (χ3n) is 2.43. The number of halogens is 2. The lowest BCUT2D eigenvalue weighted by Crippen LogP contribution is -2.00. The Hall–Kier alpha value is -2.24. The third-order valence-corrected chi connectivity index (χ3v) is 2.62. The van der Waals surface area contributed by atoms with Crippen molar-refractivity contribution in [3.05, 3.63) is 48.5 Å². The van der Waals surface area contributed by atoms with Crippen LogP contribution >= 0.6 is 23.2 Å². The van der Waals surface area contributed by atoms with Crippen LogP contribution in [0.15, 0.2) is 48.5 Å². The van der Waals surface area contributed by atoms with Gasteiger partial charge < -0.3 is 15.4 Å². The summed E-state index contributed by atoms with van der Waals surface area (Å²) in [5, 5.41) is 3.58. The van der Waals surface area contributed by atoms with Crippen molar-refractivity contribution in [2.24, 2.45) is 0 Å². The molecule has 0 bridgehead atoms. The van der Waals surface area contributed by atoms with Gasteiger partial charge >= 0.3 is 10.7 Å². The van der Waals surface area contributed by atoms with Gasteiger partial charge in [0, 0.05) is 11.4 Å². The Balaban J connectivity index is 2.01. The van der Waals surface area contributed by atoms with Crippen LogP contribution in [0.25, 0.3) is 0 Å². The lowest BCUT2D eigenvalue weighted by Gasteiger charge is -2.08. The first-order chi connectivity index (χ1) is 10.0. The summed E-state index contributed by atoms with van der Waals surface area (Å²) in [7, 11) is 0. The van der Waals surface area contributed by atoms with Crippen molar-refractivity contribution >= 4 is 45.3 Å². The highest BCUT2D eigenvalue weighted by molar-refractivity contribution is 6.66. The van der Waals surface area contributed by atoms with E-state index in [0.717, 1.165) is 0 Å². The van der Waals surface area contributed by atoms with E-state index in [1.54, 1.807) is 48.5 Å². The highest BCUT2D eigenvalue weighted by Gasteiger charge is 2.01. The predicted octanol–water partition coefficient (Wildman–Crippen LogP) is 5.02. The highest BCUT2D eigenvalue weighted by Crippen LogP contribution is 2.24. The molecule has 2 aromatic rings. The summed E-state index contributed by atoms with van der Waals surface area (Å²) in [6.07, 6.45) is 0. The standard InChI is InChI=1S/C14H10Cl2N2O3/c15-13(19)17-9-1-5-11(6-2-9)21-12-7-3-10(4-8-12)18-14(16)20/h1-8H,(H,17,19)(H,18,20). The predicted molar refractivity (Wildman–Crippen MR) is 82.7 cm³/mol. The molecule has 0 fully saturated rings. The molecule has 7 heteroatoms. The van der Waals surface area contributed by atoms with Gasteiger partial charge in [-0.05, 0) is 71.7 Å². The first-order valence-electron chi connectivity index (χ1n) is 5.84. The van der Waals surface area contributed by atoms with Gasteiger partial charge in [0.25, 0.3) is 0 Å². The number of anilines is 2. The summed E-state index contributed by atoms with van der Waals surface area (Å²) in [6.45, 7) is 0. The highest BCUT2D eigenvalue weighted by atomic mass is 35.5. The minimum absolute atomic E-state index is 0.572. The van der Waals surface area contributed by atoms with E-state index in [4.69, 9.17) is 27.9 Å². The van der Waals surface area contributed by atoms with E-state index in [-0.39, 0.29) is 0 Å². The van der Waals surface area contributed by atoms with E-state index in [0.29, 0.717) is 22.9 Å². The van der Waals surface area contributed by atoms with E-state index in [2.05, 4.69) is 10.6 Å². The molecule has 0 unspecified atom stereocenters. The molecule has 0 spiro atoms. The lowest BCUT2D eigenvalue weighted by atomic mass is 10.3. The zero-order valence-electron chi connectivity index (χ0n) is 10.6. The van der Waals surface area contributed by atoms with Crippen molar-refractivity contribution in [1.82, 2.24) is 0 Å². The molecular weight excluding hydrogens is 315 g/mol. The van der Waals surface area contributed by atoms with Crippen LogP contribution in [0.4, 0.5) is 21.0 Å². The summed E-state index contributed by atoms with van der Waals surface area (Å²) in [5.41, 5.74) is 1.14. The number of rotatable bonds is 4. The molecule has 0 saturated carbocycles. The number of hydrogen-bond donors (Lipinski definition) is 2. The second-order valence-corrected chi connectivity index (χ2v) is 4.63. The Morgan fingerprint density at radius 3 is 1.33 bits per heavy atom. The fourth-order valence-corrected chi connectivity index (χ4v) is 1.79. The number of carbonyl (C=O) groups is 2. The van der Waals surface area contributed by atoms with Crippen LogP contribution in [-0.2, 0) is 0 Å². The van der Waals surface area contributed by atoms with Gasteiger partial charge in [-0.15, -0.1) is 0 Å². The number of ether oxygens (including phenoxy) is 1. The quantitative estimate of drug-likeness (QED) is 0.612. The average molecular weight is 325 g/mol. The molecule has 21 heavy (non-hydrogen) atoms. The van der Waals surface area contributed by atoms with Gasteiger partial charge in [-0.3, -0.25) is 9.59 Å². The summed E-state index contributed by atoms with van der Waals surface area (Å²) < 4.78 is 5.61. The number of benzene rings is 2. The number of amides is 2. The average Bonchev–Trinajstić information content (AvgIpc) is 2.42. The molecule has 2 rings (SSSR count). The number of hydrogen-bond acceptors (Lipinski definition) is 3. The summed E-state index contributed by atoms with van der Waals surface area (Å²) in [6, 6.07) is 13.4. The number of carbonyl (C=O) groups excluding carboxylic acids is 2. The topological polar surface area (TPSA) is 67.4 Å². The largest absolute Gasteiger partial charge is 0.457 e. The van der Waals surface area contributed by atoms with Gasteiger partial charge in [0.15, 0.2) is 0 Å². The molecule has 2 amide bonds. The van der Waals surface area contributed by atoms with Crippen molar-refractivity contribution in [2.75, 3.05) is 10.6 Å².